The fraction of sp³-hybridized carbons (Fsp3) is 0.480. The molecule has 1 aliphatic heterocycles. The summed E-state index contributed by atoms with van der Waals surface area (Å²) in [4.78, 5) is 15.1. The Bertz CT molecular complexity index is 1060. The Hall–Kier alpha value is -2.38. The number of piperazine rings is 1. The highest BCUT2D eigenvalue weighted by Gasteiger charge is 2.33. The third-order valence-electron chi connectivity index (χ3n) is 6.45. The second-order valence-electron chi connectivity index (χ2n) is 8.69. The zero-order valence-electron chi connectivity index (χ0n) is 18.9. The van der Waals surface area contributed by atoms with Crippen molar-refractivity contribution in [2.45, 2.75) is 57.0 Å². The van der Waals surface area contributed by atoms with Crippen LogP contribution in [0.2, 0.25) is 0 Å². The number of sulfonamides is 1. The topological polar surface area (TPSA) is 66.9 Å². The summed E-state index contributed by atoms with van der Waals surface area (Å²) in [5, 5.41) is 0. The van der Waals surface area contributed by atoms with Crippen LogP contribution in [0.3, 0.4) is 0 Å². The van der Waals surface area contributed by atoms with Gasteiger partial charge < -0.3 is 9.64 Å². The van der Waals surface area contributed by atoms with Crippen LogP contribution >= 0.6 is 0 Å². The SMILES string of the molecule is CC[C@H](Oc1ccc2c(c1)CCCC2)C(=O)N1CCN(S(=O)(=O)c2ccc(C)cc2)CC1. The molecule has 32 heavy (non-hydrogen) atoms. The number of hydrogen-bond acceptors (Lipinski definition) is 4. The third-order valence-corrected chi connectivity index (χ3v) is 8.37. The van der Waals surface area contributed by atoms with Crippen LogP contribution in [-0.4, -0.2) is 55.8 Å². The zero-order valence-corrected chi connectivity index (χ0v) is 19.7. The molecule has 0 aromatic heterocycles. The standard InChI is InChI=1S/C25H32N2O4S/c1-3-24(31-22-11-10-20-6-4-5-7-21(20)18-22)25(28)26-14-16-27(17-15-26)32(29,30)23-12-8-19(2)9-13-23/h8-13,18,24H,3-7,14-17H2,1-2H3/t24-/m0/s1. The fourth-order valence-corrected chi connectivity index (χ4v) is 5.89. The van der Waals surface area contributed by atoms with Crippen LogP contribution in [0.1, 0.15) is 42.9 Å². The number of carbonyl (C=O) groups excluding carboxylic acids is 1. The van der Waals surface area contributed by atoms with Gasteiger partial charge in [0.2, 0.25) is 10.0 Å². The molecule has 1 saturated heterocycles. The minimum atomic E-state index is -3.55. The molecule has 7 heteroatoms. The van der Waals surface area contributed by atoms with Crippen LogP contribution in [0.5, 0.6) is 5.75 Å². The van der Waals surface area contributed by atoms with Crippen molar-refractivity contribution in [2.24, 2.45) is 0 Å². The molecule has 2 aromatic rings. The van der Waals surface area contributed by atoms with E-state index in [0.29, 0.717) is 24.4 Å². The summed E-state index contributed by atoms with van der Waals surface area (Å²) in [5.74, 6) is 0.670. The van der Waals surface area contributed by atoms with E-state index in [1.54, 1.807) is 29.2 Å². The average Bonchev–Trinajstić information content (AvgIpc) is 2.82. The summed E-state index contributed by atoms with van der Waals surface area (Å²) in [6.45, 7) is 5.19. The lowest BCUT2D eigenvalue weighted by molar-refractivity contribution is -0.140. The van der Waals surface area contributed by atoms with E-state index < -0.39 is 16.1 Å². The van der Waals surface area contributed by atoms with Gasteiger partial charge in [0.25, 0.3) is 5.91 Å². The van der Waals surface area contributed by atoms with E-state index in [-0.39, 0.29) is 19.0 Å². The lowest BCUT2D eigenvalue weighted by atomic mass is 9.92. The monoisotopic (exact) mass is 456 g/mol. The smallest absolute Gasteiger partial charge is 0.263 e. The van der Waals surface area contributed by atoms with E-state index in [2.05, 4.69) is 12.1 Å². The van der Waals surface area contributed by atoms with Crippen molar-refractivity contribution >= 4 is 15.9 Å². The van der Waals surface area contributed by atoms with Crippen LogP contribution in [0.25, 0.3) is 0 Å². The van der Waals surface area contributed by atoms with E-state index in [1.807, 2.05) is 19.9 Å². The Labute approximate surface area is 191 Å². The number of nitrogens with zero attached hydrogens (tertiary/aromatic N) is 2. The first-order chi connectivity index (χ1) is 15.4. The first-order valence-electron chi connectivity index (χ1n) is 11.5. The number of fused-ring (bicyclic) bond motifs is 1. The summed E-state index contributed by atoms with van der Waals surface area (Å²) in [6.07, 6.45) is 4.61. The van der Waals surface area contributed by atoms with Gasteiger partial charge in [0.15, 0.2) is 6.10 Å². The van der Waals surface area contributed by atoms with Gasteiger partial charge in [-0.3, -0.25) is 4.79 Å². The minimum absolute atomic E-state index is 0.0717. The van der Waals surface area contributed by atoms with Gasteiger partial charge in [-0.15, -0.1) is 0 Å². The summed E-state index contributed by atoms with van der Waals surface area (Å²) >= 11 is 0. The first-order valence-corrected chi connectivity index (χ1v) is 13.0. The van der Waals surface area contributed by atoms with Crippen molar-refractivity contribution < 1.29 is 17.9 Å². The van der Waals surface area contributed by atoms with Gasteiger partial charge in [-0.2, -0.15) is 4.31 Å². The molecule has 1 amide bonds. The summed E-state index contributed by atoms with van der Waals surface area (Å²) in [7, 11) is -3.55. The van der Waals surface area contributed by atoms with Gasteiger partial charge in [-0.1, -0.05) is 30.7 Å². The van der Waals surface area contributed by atoms with E-state index in [4.69, 9.17) is 4.74 Å². The molecule has 0 radical (unpaired) electrons. The Morgan fingerprint density at radius 1 is 0.969 bits per heavy atom. The van der Waals surface area contributed by atoms with Gasteiger partial charge in [0.1, 0.15) is 5.75 Å². The largest absolute Gasteiger partial charge is 0.481 e. The Balaban J connectivity index is 1.38. The molecule has 0 unspecified atom stereocenters. The molecule has 172 valence electrons. The summed E-state index contributed by atoms with van der Waals surface area (Å²) in [6, 6.07) is 13.1. The normalized spacial score (nSPS) is 18.1. The van der Waals surface area contributed by atoms with Crippen molar-refractivity contribution in [1.29, 1.82) is 0 Å². The van der Waals surface area contributed by atoms with E-state index in [9.17, 15) is 13.2 Å². The maximum absolute atomic E-state index is 13.1. The number of amides is 1. The Morgan fingerprint density at radius 3 is 2.28 bits per heavy atom. The molecule has 4 rings (SSSR count). The number of rotatable bonds is 6. The highest BCUT2D eigenvalue weighted by atomic mass is 32.2. The molecular formula is C25H32N2O4S. The van der Waals surface area contributed by atoms with Crippen molar-refractivity contribution in [2.75, 3.05) is 26.2 Å². The number of aryl methyl sites for hydroxylation is 3. The van der Waals surface area contributed by atoms with E-state index >= 15 is 0 Å². The van der Waals surface area contributed by atoms with Gasteiger partial charge >= 0.3 is 0 Å². The predicted octanol–water partition coefficient (Wildman–Crippen LogP) is 3.56. The first kappa shape index (κ1) is 22.8. The molecule has 6 nitrogen and oxygen atoms in total. The molecule has 1 aliphatic carbocycles. The number of hydrogen-bond donors (Lipinski definition) is 0. The maximum Gasteiger partial charge on any atom is 0.263 e. The van der Waals surface area contributed by atoms with Crippen molar-refractivity contribution in [1.82, 2.24) is 9.21 Å². The lowest BCUT2D eigenvalue weighted by Gasteiger charge is -2.35. The molecule has 1 fully saturated rings. The molecule has 1 atom stereocenters. The summed E-state index contributed by atoms with van der Waals surface area (Å²) in [5.41, 5.74) is 3.73. The van der Waals surface area contributed by atoms with Crippen molar-refractivity contribution in [3.8, 4) is 5.75 Å². The number of ether oxygens (including phenoxy) is 1. The molecule has 0 saturated carbocycles. The molecule has 0 N–H and O–H groups in total. The molecular weight excluding hydrogens is 424 g/mol. The van der Waals surface area contributed by atoms with E-state index in [0.717, 1.165) is 24.2 Å². The molecule has 0 spiro atoms. The minimum Gasteiger partial charge on any atom is -0.481 e. The molecule has 2 aliphatic rings. The highest BCUT2D eigenvalue weighted by Crippen LogP contribution is 2.27. The lowest BCUT2D eigenvalue weighted by Crippen LogP contribution is -2.53. The third kappa shape index (κ3) is 4.84. The zero-order chi connectivity index (χ0) is 22.7. The number of benzene rings is 2. The highest BCUT2D eigenvalue weighted by molar-refractivity contribution is 7.89. The molecule has 2 aromatic carbocycles. The van der Waals surface area contributed by atoms with Gasteiger partial charge in [0.05, 0.1) is 4.90 Å². The molecule has 1 heterocycles. The second kappa shape index (κ2) is 9.63. The van der Waals surface area contributed by atoms with Gasteiger partial charge in [-0.05, 0) is 74.4 Å². The molecule has 0 bridgehead atoms. The Kier molecular flexibility index (Phi) is 6.86. The fourth-order valence-electron chi connectivity index (χ4n) is 4.47. The maximum atomic E-state index is 13.1. The second-order valence-corrected chi connectivity index (χ2v) is 10.6. The van der Waals surface area contributed by atoms with Gasteiger partial charge in [0, 0.05) is 26.2 Å². The van der Waals surface area contributed by atoms with Crippen molar-refractivity contribution in [3.63, 3.8) is 0 Å². The number of carbonyl (C=O) groups is 1. The quantitative estimate of drug-likeness (QED) is 0.667. The predicted molar refractivity (Wildman–Crippen MR) is 124 cm³/mol. The van der Waals surface area contributed by atoms with E-state index in [1.165, 1.54) is 28.3 Å². The van der Waals surface area contributed by atoms with Crippen LogP contribution in [0.15, 0.2) is 47.4 Å². The Morgan fingerprint density at radius 2 is 1.62 bits per heavy atom. The van der Waals surface area contributed by atoms with Crippen LogP contribution < -0.4 is 4.74 Å². The van der Waals surface area contributed by atoms with Crippen LogP contribution in [0, 0.1) is 6.92 Å². The van der Waals surface area contributed by atoms with Gasteiger partial charge in [-0.25, -0.2) is 8.42 Å². The van der Waals surface area contributed by atoms with Crippen LogP contribution in [0.4, 0.5) is 0 Å². The van der Waals surface area contributed by atoms with Crippen LogP contribution in [-0.2, 0) is 27.7 Å². The van der Waals surface area contributed by atoms with Crippen molar-refractivity contribution in [3.05, 3.63) is 59.2 Å². The average molecular weight is 457 g/mol. The summed E-state index contributed by atoms with van der Waals surface area (Å²) < 4.78 is 33.4.